The number of carbonyl (C=O) groups is 1. The molecule has 1 fully saturated rings. The van der Waals surface area contributed by atoms with Crippen LogP contribution in [0.3, 0.4) is 0 Å². The Morgan fingerprint density at radius 3 is 2.85 bits per heavy atom. The number of aromatic nitrogens is 5. The number of aryl methyl sites for hydroxylation is 3. The van der Waals surface area contributed by atoms with Crippen LogP contribution in [-0.4, -0.2) is 48.0 Å². The van der Waals surface area contributed by atoms with E-state index in [1.54, 1.807) is 11.3 Å². The summed E-state index contributed by atoms with van der Waals surface area (Å²) >= 11 is 1.73. The van der Waals surface area contributed by atoms with Crippen LogP contribution in [0.15, 0.2) is 11.6 Å². The van der Waals surface area contributed by atoms with E-state index in [1.165, 1.54) is 4.83 Å². The van der Waals surface area contributed by atoms with Crippen LogP contribution in [0.2, 0.25) is 0 Å². The number of fused-ring (bicyclic) bond motifs is 1. The Morgan fingerprint density at radius 1 is 1.30 bits per heavy atom. The Labute approximate surface area is 163 Å². The van der Waals surface area contributed by atoms with Gasteiger partial charge in [0.25, 0.3) is 0 Å². The zero-order valence-electron chi connectivity index (χ0n) is 16.3. The molecule has 1 aliphatic heterocycles. The van der Waals surface area contributed by atoms with Crippen LogP contribution >= 0.6 is 11.3 Å². The van der Waals surface area contributed by atoms with Crippen molar-refractivity contribution in [3.05, 3.63) is 34.7 Å². The topological polar surface area (TPSA) is 68.3 Å². The SMILES string of the molecule is Cc1nc(C)n([C@H](C)CC(=O)N2CCC[C@@H](c3nc(C)n4ccsc34)C2)n1. The largest absolute Gasteiger partial charge is 0.342 e. The normalized spacial score (nSPS) is 19.0. The third-order valence-corrected chi connectivity index (χ3v) is 6.30. The van der Waals surface area contributed by atoms with Gasteiger partial charge >= 0.3 is 0 Å². The number of amides is 1. The van der Waals surface area contributed by atoms with E-state index < -0.39 is 0 Å². The van der Waals surface area contributed by atoms with Crippen LogP contribution in [0.1, 0.15) is 61.3 Å². The number of thiazole rings is 1. The fraction of sp³-hybridized carbons (Fsp3) is 0.579. The van der Waals surface area contributed by atoms with Gasteiger partial charge in [-0.25, -0.2) is 14.6 Å². The monoisotopic (exact) mass is 386 g/mol. The minimum absolute atomic E-state index is 0.0120. The molecule has 0 aliphatic carbocycles. The molecule has 27 heavy (non-hydrogen) atoms. The van der Waals surface area contributed by atoms with Crippen molar-refractivity contribution in [1.82, 2.24) is 29.0 Å². The zero-order chi connectivity index (χ0) is 19.1. The third kappa shape index (κ3) is 3.38. The van der Waals surface area contributed by atoms with Crippen molar-refractivity contribution in [2.24, 2.45) is 0 Å². The maximum Gasteiger partial charge on any atom is 0.224 e. The molecule has 1 saturated heterocycles. The average molecular weight is 387 g/mol. The fourth-order valence-electron chi connectivity index (χ4n) is 4.11. The van der Waals surface area contributed by atoms with Gasteiger partial charge in [0.05, 0.1) is 11.7 Å². The second kappa shape index (κ2) is 7.07. The van der Waals surface area contributed by atoms with Crippen LogP contribution in [0.25, 0.3) is 4.83 Å². The predicted molar refractivity (Wildman–Crippen MR) is 105 cm³/mol. The Morgan fingerprint density at radius 2 is 2.11 bits per heavy atom. The van der Waals surface area contributed by atoms with E-state index in [9.17, 15) is 4.79 Å². The first-order valence-electron chi connectivity index (χ1n) is 9.53. The lowest BCUT2D eigenvalue weighted by atomic mass is 9.95. The highest BCUT2D eigenvalue weighted by Gasteiger charge is 2.29. The lowest BCUT2D eigenvalue weighted by Gasteiger charge is -2.33. The summed E-state index contributed by atoms with van der Waals surface area (Å²) in [6, 6.07) is 0.0120. The minimum Gasteiger partial charge on any atom is -0.342 e. The van der Waals surface area contributed by atoms with Gasteiger partial charge in [-0.2, -0.15) is 5.10 Å². The second-order valence-corrected chi connectivity index (χ2v) is 8.40. The molecule has 0 radical (unpaired) electrons. The summed E-state index contributed by atoms with van der Waals surface area (Å²) in [7, 11) is 0. The molecule has 0 aromatic carbocycles. The lowest BCUT2D eigenvalue weighted by molar-refractivity contribution is -0.133. The van der Waals surface area contributed by atoms with E-state index in [0.717, 1.165) is 49.1 Å². The number of likely N-dealkylation sites (tertiary alicyclic amines) is 1. The molecule has 1 aliphatic rings. The standard InChI is InChI=1S/C19H26N6OS/c1-12(25-15(4)20-13(2)22-25)10-17(26)23-7-5-6-16(11-23)18-19-24(8-9-27-19)14(3)21-18/h8-9,12,16H,5-7,10-11H2,1-4H3/t12-,16-/m1/s1. The third-order valence-electron chi connectivity index (χ3n) is 5.41. The molecule has 7 nitrogen and oxygen atoms in total. The van der Waals surface area contributed by atoms with Crippen LogP contribution in [0.5, 0.6) is 0 Å². The van der Waals surface area contributed by atoms with E-state index in [2.05, 4.69) is 26.1 Å². The smallest absolute Gasteiger partial charge is 0.224 e. The highest BCUT2D eigenvalue weighted by molar-refractivity contribution is 7.15. The molecular formula is C19H26N6OS. The van der Waals surface area contributed by atoms with Crippen LogP contribution in [-0.2, 0) is 4.79 Å². The first-order chi connectivity index (χ1) is 12.9. The van der Waals surface area contributed by atoms with E-state index in [1.807, 2.05) is 37.3 Å². The van der Waals surface area contributed by atoms with Crippen molar-refractivity contribution in [3.8, 4) is 0 Å². The van der Waals surface area contributed by atoms with Gasteiger partial charge in [0.1, 0.15) is 22.3 Å². The quantitative estimate of drug-likeness (QED) is 0.690. The first-order valence-corrected chi connectivity index (χ1v) is 10.4. The van der Waals surface area contributed by atoms with Crippen molar-refractivity contribution in [2.75, 3.05) is 13.1 Å². The molecule has 0 bridgehead atoms. The lowest BCUT2D eigenvalue weighted by Crippen LogP contribution is -2.40. The molecule has 0 saturated carbocycles. The predicted octanol–water partition coefficient (Wildman–Crippen LogP) is 3.27. The number of carbonyl (C=O) groups excluding carboxylic acids is 1. The fourth-order valence-corrected chi connectivity index (χ4v) is 5.06. The summed E-state index contributed by atoms with van der Waals surface area (Å²) in [6.45, 7) is 9.48. The molecule has 4 rings (SSSR count). The average Bonchev–Trinajstić information content (AvgIpc) is 3.32. The zero-order valence-corrected chi connectivity index (χ0v) is 17.2. The Bertz CT molecular complexity index is 970. The highest BCUT2D eigenvalue weighted by Crippen LogP contribution is 2.32. The van der Waals surface area contributed by atoms with Gasteiger partial charge in [-0.15, -0.1) is 11.3 Å². The van der Waals surface area contributed by atoms with E-state index in [0.29, 0.717) is 12.3 Å². The number of hydrogen-bond donors (Lipinski definition) is 0. The molecule has 4 heterocycles. The van der Waals surface area contributed by atoms with Gasteiger partial charge in [0, 0.05) is 37.0 Å². The summed E-state index contributed by atoms with van der Waals surface area (Å²) in [4.78, 5) is 25.3. The number of hydrogen-bond acceptors (Lipinski definition) is 5. The van der Waals surface area contributed by atoms with Crippen molar-refractivity contribution >= 4 is 22.1 Å². The summed E-state index contributed by atoms with van der Waals surface area (Å²) in [5, 5.41) is 6.53. The van der Waals surface area contributed by atoms with Crippen LogP contribution in [0, 0.1) is 20.8 Å². The molecule has 3 aromatic rings. The molecule has 144 valence electrons. The molecular weight excluding hydrogens is 360 g/mol. The Hall–Kier alpha value is -2.22. The van der Waals surface area contributed by atoms with Gasteiger partial charge in [-0.3, -0.25) is 9.20 Å². The summed E-state index contributed by atoms with van der Waals surface area (Å²) in [5.41, 5.74) is 1.15. The van der Waals surface area contributed by atoms with Crippen molar-refractivity contribution in [2.45, 2.75) is 58.9 Å². The molecule has 2 atom stereocenters. The molecule has 0 spiro atoms. The maximum atomic E-state index is 12.9. The summed E-state index contributed by atoms with van der Waals surface area (Å²) < 4.78 is 4.02. The first kappa shape index (κ1) is 18.2. The van der Waals surface area contributed by atoms with Crippen molar-refractivity contribution < 1.29 is 4.79 Å². The van der Waals surface area contributed by atoms with Gasteiger partial charge in [-0.1, -0.05) is 0 Å². The molecule has 0 unspecified atom stereocenters. The van der Waals surface area contributed by atoms with Gasteiger partial charge in [0.2, 0.25) is 5.91 Å². The van der Waals surface area contributed by atoms with Crippen molar-refractivity contribution in [1.29, 1.82) is 0 Å². The highest BCUT2D eigenvalue weighted by atomic mass is 32.1. The number of imidazole rings is 1. The van der Waals surface area contributed by atoms with Gasteiger partial charge < -0.3 is 4.90 Å². The molecule has 3 aromatic heterocycles. The molecule has 1 amide bonds. The minimum atomic E-state index is 0.0120. The summed E-state index contributed by atoms with van der Waals surface area (Å²) in [6.07, 6.45) is 4.63. The maximum absolute atomic E-state index is 12.9. The van der Waals surface area contributed by atoms with Gasteiger partial charge in [0.15, 0.2) is 0 Å². The Kier molecular flexibility index (Phi) is 4.75. The van der Waals surface area contributed by atoms with E-state index in [-0.39, 0.29) is 11.9 Å². The van der Waals surface area contributed by atoms with Crippen LogP contribution < -0.4 is 0 Å². The number of rotatable bonds is 4. The van der Waals surface area contributed by atoms with Crippen LogP contribution in [0.4, 0.5) is 0 Å². The van der Waals surface area contributed by atoms with Crippen molar-refractivity contribution in [3.63, 3.8) is 0 Å². The Balaban J connectivity index is 1.47. The van der Waals surface area contributed by atoms with E-state index >= 15 is 0 Å². The number of nitrogens with zero attached hydrogens (tertiary/aromatic N) is 6. The summed E-state index contributed by atoms with van der Waals surface area (Å²) in [5.74, 6) is 3.14. The number of piperidine rings is 1. The molecule has 0 N–H and O–H groups in total. The molecule has 8 heteroatoms. The second-order valence-electron chi connectivity index (χ2n) is 7.51. The van der Waals surface area contributed by atoms with Gasteiger partial charge in [-0.05, 0) is 40.5 Å². The van der Waals surface area contributed by atoms with E-state index in [4.69, 9.17) is 4.98 Å².